The number of carbonyl (C=O) groups excluding carboxylic acids is 2. The van der Waals surface area contributed by atoms with E-state index in [1.807, 2.05) is 11.8 Å². The molecule has 0 bridgehead atoms. The summed E-state index contributed by atoms with van der Waals surface area (Å²) in [5, 5.41) is 7.10. The molecule has 2 aliphatic rings. The summed E-state index contributed by atoms with van der Waals surface area (Å²) in [4.78, 5) is 37.8. The molecule has 1 saturated carbocycles. The van der Waals surface area contributed by atoms with Gasteiger partial charge in [-0.05, 0) is 38.2 Å². The number of aromatic nitrogens is 2. The highest BCUT2D eigenvalue weighted by atomic mass is 32.1. The topological polar surface area (TPSA) is 106 Å². The summed E-state index contributed by atoms with van der Waals surface area (Å²) >= 11 is 1.34. The van der Waals surface area contributed by atoms with Crippen molar-refractivity contribution in [1.29, 1.82) is 0 Å². The number of thiophene rings is 1. The highest BCUT2D eigenvalue weighted by Gasteiger charge is 2.28. The summed E-state index contributed by atoms with van der Waals surface area (Å²) in [6.45, 7) is 3.47. The number of nitrogens with zero attached hydrogens (tertiary/aromatic N) is 3. The van der Waals surface area contributed by atoms with E-state index in [4.69, 9.17) is 9.47 Å². The summed E-state index contributed by atoms with van der Waals surface area (Å²) in [5.74, 6) is 0.863. The van der Waals surface area contributed by atoms with Gasteiger partial charge in [0.2, 0.25) is 5.88 Å². The van der Waals surface area contributed by atoms with Gasteiger partial charge in [-0.1, -0.05) is 19.3 Å². The van der Waals surface area contributed by atoms with E-state index in [0.717, 1.165) is 36.6 Å². The summed E-state index contributed by atoms with van der Waals surface area (Å²) in [5.41, 5.74) is 0.817. The van der Waals surface area contributed by atoms with Crippen molar-refractivity contribution in [2.45, 2.75) is 70.6 Å². The van der Waals surface area contributed by atoms with Gasteiger partial charge in [-0.15, -0.1) is 11.3 Å². The van der Waals surface area contributed by atoms with Crippen LogP contribution in [0.1, 0.15) is 66.0 Å². The smallest absolute Gasteiger partial charge is 0.317 e. The average Bonchev–Trinajstić information content (AvgIpc) is 3.16. The van der Waals surface area contributed by atoms with Gasteiger partial charge in [0.05, 0.1) is 17.4 Å². The first kappa shape index (κ1) is 23.7. The van der Waals surface area contributed by atoms with Gasteiger partial charge in [0.25, 0.3) is 5.91 Å². The van der Waals surface area contributed by atoms with Crippen LogP contribution in [-0.2, 0) is 11.3 Å². The Bertz CT molecular complexity index is 996. The number of nitrogens with one attached hydrogen (secondary N) is 2. The van der Waals surface area contributed by atoms with E-state index in [-0.39, 0.29) is 24.6 Å². The second kappa shape index (κ2) is 10.6. The minimum Gasteiger partial charge on any atom is -0.480 e. The summed E-state index contributed by atoms with van der Waals surface area (Å²) in [6, 6.07) is 0.381. The molecule has 2 fully saturated rings. The number of methoxy groups -OCH3 is 2. The van der Waals surface area contributed by atoms with Crippen molar-refractivity contribution in [2.24, 2.45) is 0 Å². The van der Waals surface area contributed by atoms with Crippen LogP contribution in [0.4, 0.5) is 4.79 Å². The van der Waals surface area contributed by atoms with Gasteiger partial charge >= 0.3 is 6.03 Å². The van der Waals surface area contributed by atoms with Gasteiger partial charge < -0.3 is 25.0 Å². The monoisotopic (exact) mass is 475 g/mol. The zero-order chi connectivity index (χ0) is 23.4. The maximum atomic E-state index is 13.1. The normalized spacial score (nSPS) is 17.8. The molecule has 33 heavy (non-hydrogen) atoms. The third-order valence-electron chi connectivity index (χ3n) is 6.53. The maximum absolute atomic E-state index is 13.1. The first-order valence-corrected chi connectivity index (χ1v) is 12.5. The van der Waals surface area contributed by atoms with E-state index in [9.17, 15) is 9.59 Å². The largest absolute Gasteiger partial charge is 0.480 e. The fourth-order valence-electron chi connectivity index (χ4n) is 4.69. The number of amides is 3. The summed E-state index contributed by atoms with van der Waals surface area (Å²) in [6.07, 6.45) is 7.31. The van der Waals surface area contributed by atoms with Crippen LogP contribution in [0.2, 0.25) is 0 Å². The zero-order valence-corrected chi connectivity index (χ0v) is 20.4. The predicted octanol–water partition coefficient (Wildman–Crippen LogP) is 3.39. The highest BCUT2D eigenvalue weighted by molar-refractivity contribution is 7.20. The maximum Gasteiger partial charge on any atom is 0.317 e. The first-order chi connectivity index (χ1) is 16.0. The van der Waals surface area contributed by atoms with Crippen molar-refractivity contribution in [3.8, 4) is 5.88 Å². The number of hydrogen-bond acceptors (Lipinski definition) is 7. The van der Waals surface area contributed by atoms with Crippen molar-refractivity contribution in [1.82, 2.24) is 25.5 Å². The molecule has 3 heterocycles. The molecule has 0 aromatic carbocycles. The van der Waals surface area contributed by atoms with Gasteiger partial charge in [0, 0.05) is 32.3 Å². The number of piperidine rings is 1. The molecule has 10 heteroatoms. The molecule has 0 radical (unpaired) electrons. The first-order valence-electron chi connectivity index (χ1n) is 11.7. The van der Waals surface area contributed by atoms with Crippen molar-refractivity contribution in [2.75, 3.05) is 27.3 Å². The fourth-order valence-corrected chi connectivity index (χ4v) is 5.79. The van der Waals surface area contributed by atoms with E-state index < -0.39 is 0 Å². The highest BCUT2D eigenvalue weighted by Crippen LogP contribution is 2.35. The minimum atomic E-state index is -0.115. The Labute approximate surface area is 198 Å². The Balaban J connectivity index is 1.37. The molecule has 9 nitrogen and oxygen atoms in total. The Morgan fingerprint density at radius 3 is 2.39 bits per heavy atom. The number of carbonyl (C=O) groups is 2. The number of aryl methyl sites for hydroxylation is 1. The van der Waals surface area contributed by atoms with Gasteiger partial charge in [-0.25, -0.2) is 9.78 Å². The van der Waals surface area contributed by atoms with Gasteiger partial charge in [-0.3, -0.25) is 4.79 Å². The third-order valence-corrected chi connectivity index (χ3v) is 7.71. The van der Waals surface area contributed by atoms with Crippen molar-refractivity contribution in [3.63, 3.8) is 0 Å². The molecular weight excluding hydrogens is 442 g/mol. The fraction of sp³-hybridized carbons (Fsp3) is 0.652. The summed E-state index contributed by atoms with van der Waals surface area (Å²) in [7, 11) is 3.15. The molecule has 2 aromatic rings. The van der Waals surface area contributed by atoms with Crippen LogP contribution in [0.3, 0.4) is 0 Å². The number of likely N-dealkylation sites (tertiary alicyclic amines) is 1. The SMILES string of the molecule is COCc1nc(OC)c2c(C)c(C(=O)NC3CCN(C(=O)NC4CCCCC4)CC3)sc2n1. The van der Waals surface area contributed by atoms with Crippen molar-refractivity contribution in [3.05, 3.63) is 16.3 Å². The molecule has 2 aromatic heterocycles. The molecule has 0 unspecified atom stereocenters. The van der Waals surface area contributed by atoms with Crippen molar-refractivity contribution >= 4 is 33.5 Å². The van der Waals surface area contributed by atoms with Crippen LogP contribution >= 0.6 is 11.3 Å². The molecule has 4 rings (SSSR count). The van der Waals surface area contributed by atoms with Crippen LogP contribution in [0.5, 0.6) is 5.88 Å². The van der Waals surface area contributed by atoms with E-state index in [1.165, 1.54) is 30.6 Å². The lowest BCUT2D eigenvalue weighted by atomic mass is 9.95. The Kier molecular flexibility index (Phi) is 7.64. The number of rotatable bonds is 6. The molecule has 1 saturated heterocycles. The van der Waals surface area contributed by atoms with Crippen LogP contribution < -0.4 is 15.4 Å². The van der Waals surface area contributed by atoms with Gasteiger partial charge in [-0.2, -0.15) is 4.98 Å². The summed E-state index contributed by atoms with van der Waals surface area (Å²) < 4.78 is 10.6. The van der Waals surface area contributed by atoms with Gasteiger partial charge in [0.15, 0.2) is 5.82 Å². The predicted molar refractivity (Wildman–Crippen MR) is 127 cm³/mol. The van der Waals surface area contributed by atoms with Crippen LogP contribution in [0, 0.1) is 6.92 Å². The lowest BCUT2D eigenvalue weighted by molar-refractivity contribution is 0.0921. The molecule has 1 aliphatic carbocycles. The van der Waals surface area contributed by atoms with E-state index in [2.05, 4.69) is 20.6 Å². The Morgan fingerprint density at radius 1 is 1.03 bits per heavy atom. The Hall–Kier alpha value is -2.46. The lowest BCUT2D eigenvalue weighted by Gasteiger charge is -2.34. The van der Waals surface area contributed by atoms with Crippen LogP contribution in [-0.4, -0.2) is 66.2 Å². The third kappa shape index (κ3) is 5.38. The second-order valence-electron chi connectivity index (χ2n) is 8.84. The second-order valence-corrected chi connectivity index (χ2v) is 9.84. The number of urea groups is 1. The zero-order valence-electron chi connectivity index (χ0n) is 19.6. The van der Waals surface area contributed by atoms with E-state index in [0.29, 0.717) is 40.5 Å². The standard InChI is InChI=1S/C23H33N5O4S/c1-14-18-21(32-3)26-17(13-31-2)27-22(18)33-19(14)20(29)24-16-9-11-28(12-10-16)23(30)25-15-7-5-4-6-8-15/h15-16H,4-13H2,1-3H3,(H,24,29)(H,25,30). The molecule has 3 amide bonds. The molecule has 1 aliphatic heterocycles. The molecule has 0 spiro atoms. The molecular formula is C23H33N5O4S. The quantitative estimate of drug-likeness (QED) is 0.663. The van der Waals surface area contributed by atoms with E-state index >= 15 is 0 Å². The number of ether oxygens (including phenoxy) is 2. The molecule has 0 atom stereocenters. The molecule has 2 N–H and O–H groups in total. The van der Waals surface area contributed by atoms with Crippen LogP contribution in [0.25, 0.3) is 10.2 Å². The average molecular weight is 476 g/mol. The van der Waals surface area contributed by atoms with Crippen LogP contribution in [0.15, 0.2) is 0 Å². The van der Waals surface area contributed by atoms with Crippen molar-refractivity contribution < 1.29 is 19.1 Å². The Morgan fingerprint density at radius 2 is 1.73 bits per heavy atom. The van der Waals surface area contributed by atoms with E-state index in [1.54, 1.807) is 14.2 Å². The minimum absolute atomic E-state index is 0.0320. The molecule has 180 valence electrons. The number of fused-ring (bicyclic) bond motifs is 1. The van der Waals surface area contributed by atoms with Gasteiger partial charge in [0.1, 0.15) is 11.4 Å². The lowest BCUT2D eigenvalue weighted by Crippen LogP contribution is -2.51. The number of hydrogen-bond donors (Lipinski definition) is 2.